The monoisotopic (exact) mass is 424 g/mol. The summed E-state index contributed by atoms with van der Waals surface area (Å²) in [5, 5.41) is 0. The van der Waals surface area contributed by atoms with Gasteiger partial charge in [-0.1, -0.05) is 0 Å². The molecule has 0 unspecified atom stereocenters. The number of hydrogen-bond acceptors (Lipinski definition) is 9. The fourth-order valence-electron chi connectivity index (χ4n) is 2.11. The highest BCUT2D eigenvalue weighted by Gasteiger charge is 2.35. The maximum absolute atomic E-state index is 13.4. The van der Waals surface area contributed by atoms with Gasteiger partial charge in [0.1, 0.15) is 12.3 Å². The molecule has 2 aromatic heterocycles. The van der Waals surface area contributed by atoms with Gasteiger partial charge < -0.3 is 25.7 Å². The molecule has 0 saturated carbocycles. The molecule has 0 aromatic carbocycles. The Bertz CT molecular complexity index is 842. The highest BCUT2D eigenvalue weighted by atomic mass is 19.3. The van der Waals surface area contributed by atoms with Crippen molar-refractivity contribution >= 4 is 11.9 Å². The topological polar surface area (TPSA) is 131 Å². The number of rotatable bonds is 10. The SMILES string of the molecule is COc1nc(N)nc(COc2nc(N)ncc2CCC(F)F)c1OC(F)(F)CF. The standard InChI is InChI=1S/C15H17F5N6O3/c1-27-12-10(29-15(19,20)6-16)8(24-14(22)26-12)5-28-11-7(2-3-9(17)18)4-23-13(21)25-11/h4,9H,2-3,5-6H2,1H3,(H2,21,23,25)(H2,22,24,26). The summed E-state index contributed by atoms with van der Waals surface area (Å²) in [7, 11) is 1.10. The summed E-state index contributed by atoms with van der Waals surface area (Å²) in [4.78, 5) is 14.8. The van der Waals surface area contributed by atoms with E-state index >= 15 is 0 Å². The van der Waals surface area contributed by atoms with E-state index in [-0.39, 0.29) is 35.5 Å². The van der Waals surface area contributed by atoms with Crippen LogP contribution in [0, 0.1) is 0 Å². The van der Waals surface area contributed by atoms with Crippen molar-refractivity contribution in [1.82, 2.24) is 19.9 Å². The largest absolute Gasteiger partial charge is 0.478 e. The lowest BCUT2D eigenvalue weighted by atomic mass is 10.2. The number of anilines is 2. The molecule has 0 atom stereocenters. The fourth-order valence-corrected chi connectivity index (χ4v) is 2.11. The Balaban J connectivity index is 2.32. The minimum atomic E-state index is -4.19. The molecule has 0 aliphatic carbocycles. The molecule has 2 rings (SSSR count). The lowest BCUT2D eigenvalue weighted by molar-refractivity contribution is -0.187. The number of ether oxygens (including phenoxy) is 3. The minimum Gasteiger partial charge on any atom is -0.478 e. The van der Waals surface area contributed by atoms with Crippen molar-refractivity contribution in [1.29, 1.82) is 0 Å². The normalized spacial score (nSPS) is 11.6. The summed E-state index contributed by atoms with van der Waals surface area (Å²) < 4.78 is 78.8. The van der Waals surface area contributed by atoms with E-state index in [2.05, 4.69) is 24.7 Å². The first-order valence-electron chi connectivity index (χ1n) is 8.00. The van der Waals surface area contributed by atoms with Crippen molar-refractivity contribution in [2.24, 2.45) is 0 Å². The predicted octanol–water partition coefficient (Wildman–Crippen LogP) is 2.16. The Labute approximate surface area is 161 Å². The second kappa shape index (κ2) is 9.34. The van der Waals surface area contributed by atoms with Crippen molar-refractivity contribution in [2.45, 2.75) is 32.0 Å². The van der Waals surface area contributed by atoms with Gasteiger partial charge in [0, 0.05) is 18.2 Å². The van der Waals surface area contributed by atoms with Crippen LogP contribution in [0.4, 0.5) is 33.8 Å². The van der Waals surface area contributed by atoms with E-state index in [4.69, 9.17) is 20.9 Å². The molecule has 2 heterocycles. The predicted molar refractivity (Wildman–Crippen MR) is 89.6 cm³/mol. The van der Waals surface area contributed by atoms with Crippen LogP contribution in [0.2, 0.25) is 0 Å². The van der Waals surface area contributed by atoms with E-state index in [1.807, 2.05) is 0 Å². The summed E-state index contributed by atoms with van der Waals surface area (Å²) in [5.41, 5.74) is 10.9. The Morgan fingerprint density at radius 2 is 1.79 bits per heavy atom. The average Bonchev–Trinajstić information content (AvgIpc) is 2.66. The Morgan fingerprint density at radius 1 is 1.10 bits per heavy atom. The van der Waals surface area contributed by atoms with Gasteiger partial charge in [0.25, 0.3) is 5.88 Å². The number of alkyl halides is 5. The van der Waals surface area contributed by atoms with Crippen molar-refractivity contribution in [2.75, 3.05) is 25.3 Å². The van der Waals surface area contributed by atoms with E-state index in [1.165, 1.54) is 6.20 Å². The molecule has 9 nitrogen and oxygen atoms in total. The van der Waals surface area contributed by atoms with E-state index < -0.39 is 43.9 Å². The molecule has 29 heavy (non-hydrogen) atoms. The molecule has 0 spiro atoms. The van der Waals surface area contributed by atoms with Crippen molar-refractivity contribution < 1.29 is 36.2 Å². The van der Waals surface area contributed by atoms with Crippen LogP contribution < -0.4 is 25.7 Å². The van der Waals surface area contributed by atoms with E-state index in [1.54, 1.807) is 0 Å². The van der Waals surface area contributed by atoms with Crippen LogP contribution in [0.1, 0.15) is 17.7 Å². The van der Waals surface area contributed by atoms with Crippen molar-refractivity contribution in [3.63, 3.8) is 0 Å². The summed E-state index contributed by atoms with van der Waals surface area (Å²) in [5.74, 6) is -1.93. The van der Waals surface area contributed by atoms with Gasteiger partial charge in [0.2, 0.25) is 30.0 Å². The number of halogens is 5. The maximum Gasteiger partial charge on any atom is 0.427 e. The number of methoxy groups -OCH3 is 1. The lowest BCUT2D eigenvalue weighted by Gasteiger charge is -2.19. The molecule has 2 aromatic rings. The Hall–Kier alpha value is -3.19. The second-order valence-electron chi connectivity index (χ2n) is 5.52. The zero-order chi connectivity index (χ0) is 21.6. The highest BCUT2D eigenvalue weighted by Crippen LogP contribution is 2.34. The quantitative estimate of drug-likeness (QED) is 0.551. The third-order valence-electron chi connectivity index (χ3n) is 3.34. The van der Waals surface area contributed by atoms with E-state index in [0.717, 1.165) is 7.11 Å². The molecular formula is C15H17F5N6O3. The van der Waals surface area contributed by atoms with Gasteiger partial charge in [-0.3, -0.25) is 0 Å². The first-order valence-corrected chi connectivity index (χ1v) is 8.00. The smallest absolute Gasteiger partial charge is 0.427 e. The summed E-state index contributed by atoms with van der Waals surface area (Å²) in [6.45, 7) is -2.69. The minimum absolute atomic E-state index is 0.133. The van der Waals surface area contributed by atoms with Crippen LogP contribution in [0.3, 0.4) is 0 Å². The zero-order valence-electron chi connectivity index (χ0n) is 15.0. The van der Waals surface area contributed by atoms with E-state index in [9.17, 15) is 22.0 Å². The number of nitrogens with two attached hydrogens (primary N) is 2. The van der Waals surface area contributed by atoms with Crippen LogP contribution in [0.15, 0.2) is 6.20 Å². The van der Waals surface area contributed by atoms with Crippen LogP contribution in [-0.4, -0.2) is 46.3 Å². The molecule has 4 N–H and O–H groups in total. The summed E-state index contributed by atoms with van der Waals surface area (Å²) >= 11 is 0. The van der Waals surface area contributed by atoms with Gasteiger partial charge in [-0.15, -0.1) is 0 Å². The zero-order valence-corrected chi connectivity index (χ0v) is 15.0. The number of aromatic nitrogens is 4. The van der Waals surface area contributed by atoms with Crippen molar-refractivity contribution in [3.8, 4) is 17.5 Å². The third-order valence-corrected chi connectivity index (χ3v) is 3.34. The van der Waals surface area contributed by atoms with Gasteiger partial charge in [-0.25, -0.2) is 23.1 Å². The summed E-state index contributed by atoms with van der Waals surface area (Å²) in [6.07, 6.45) is -6.19. The molecule has 0 aliphatic rings. The molecule has 0 radical (unpaired) electrons. The van der Waals surface area contributed by atoms with Gasteiger partial charge in [-0.2, -0.15) is 18.7 Å². The first kappa shape index (κ1) is 22.1. The number of nitrogen functional groups attached to an aromatic ring is 2. The van der Waals surface area contributed by atoms with Crippen LogP contribution in [0.5, 0.6) is 17.5 Å². The fraction of sp³-hybridized carbons (Fsp3) is 0.467. The first-order chi connectivity index (χ1) is 13.6. The van der Waals surface area contributed by atoms with Gasteiger partial charge in [0.15, 0.2) is 6.67 Å². The number of aryl methyl sites for hydroxylation is 1. The molecular weight excluding hydrogens is 407 g/mol. The average molecular weight is 424 g/mol. The molecule has 0 aliphatic heterocycles. The summed E-state index contributed by atoms with van der Waals surface area (Å²) in [6, 6.07) is 0. The lowest BCUT2D eigenvalue weighted by Crippen LogP contribution is -2.28. The van der Waals surface area contributed by atoms with Crippen LogP contribution in [0.25, 0.3) is 0 Å². The van der Waals surface area contributed by atoms with E-state index in [0.29, 0.717) is 0 Å². The van der Waals surface area contributed by atoms with Crippen molar-refractivity contribution in [3.05, 3.63) is 17.5 Å². The molecule has 0 fully saturated rings. The molecule has 0 amide bonds. The van der Waals surface area contributed by atoms with Gasteiger partial charge >= 0.3 is 6.11 Å². The van der Waals surface area contributed by atoms with Gasteiger partial charge in [-0.05, 0) is 6.42 Å². The number of nitrogens with zero attached hydrogens (tertiary/aromatic N) is 4. The third kappa shape index (κ3) is 6.15. The second-order valence-corrected chi connectivity index (χ2v) is 5.52. The van der Waals surface area contributed by atoms with Gasteiger partial charge in [0.05, 0.1) is 7.11 Å². The highest BCUT2D eigenvalue weighted by molar-refractivity contribution is 5.42. The number of hydrogen-bond donors (Lipinski definition) is 2. The molecule has 14 heteroatoms. The molecule has 160 valence electrons. The Kier molecular flexibility index (Phi) is 7.12. The van der Waals surface area contributed by atoms with Crippen LogP contribution in [-0.2, 0) is 13.0 Å². The molecule has 0 saturated heterocycles. The molecule has 0 bridgehead atoms. The van der Waals surface area contributed by atoms with Crippen LogP contribution >= 0.6 is 0 Å². The Morgan fingerprint density at radius 3 is 2.41 bits per heavy atom. The maximum atomic E-state index is 13.4.